The zero-order valence-electron chi connectivity index (χ0n) is 18.9. The standard InChI is InChI=1S/C25H22F2N6O2/c1-2-3-12-32-13-11-16(14-32)33-22-20(24(28)29-30-25(22)34)21(31-33)15-7-9-17(10-8-15)35-23-18(26)5-4-6-19(23)27/h4-10,16H,11-14H2,1H3,(H2,28,29)(H,30,34)/t16-/m1/s1. The molecule has 1 aliphatic heterocycles. The van der Waals surface area contributed by atoms with E-state index < -0.39 is 17.4 Å². The van der Waals surface area contributed by atoms with Gasteiger partial charge in [-0.1, -0.05) is 12.0 Å². The lowest BCUT2D eigenvalue weighted by atomic mass is 10.1. The first-order valence-corrected chi connectivity index (χ1v) is 11.1. The third-order valence-corrected chi connectivity index (χ3v) is 6.00. The molecule has 0 bridgehead atoms. The maximum Gasteiger partial charge on any atom is 0.290 e. The summed E-state index contributed by atoms with van der Waals surface area (Å²) in [6, 6.07) is 10.0. The number of H-pyrrole nitrogens is 1. The second-order valence-corrected chi connectivity index (χ2v) is 8.24. The van der Waals surface area contributed by atoms with Gasteiger partial charge in [0.05, 0.1) is 18.0 Å². The molecule has 35 heavy (non-hydrogen) atoms. The number of nitrogens with two attached hydrogens (primary N) is 1. The van der Waals surface area contributed by atoms with Gasteiger partial charge in [0.15, 0.2) is 23.2 Å². The first-order chi connectivity index (χ1) is 17.0. The number of aromatic nitrogens is 4. The van der Waals surface area contributed by atoms with Crippen LogP contribution in [0.2, 0.25) is 0 Å². The summed E-state index contributed by atoms with van der Waals surface area (Å²) in [5.41, 5.74) is 7.28. The highest BCUT2D eigenvalue weighted by molar-refractivity contribution is 5.99. The van der Waals surface area contributed by atoms with Crippen molar-refractivity contribution in [2.45, 2.75) is 19.4 Å². The van der Waals surface area contributed by atoms with Gasteiger partial charge in [-0.3, -0.25) is 14.4 Å². The van der Waals surface area contributed by atoms with Crippen molar-refractivity contribution in [3.63, 3.8) is 0 Å². The lowest BCUT2D eigenvalue weighted by Crippen LogP contribution is -2.23. The summed E-state index contributed by atoms with van der Waals surface area (Å²) in [7, 11) is 0. The van der Waals surface area contributed by atoms with Crippen molar-refractivity contribution in [3.05, 3.63) is 64.5 Å². The fourth-order valence-corrected chi connectivity index (χ4v) is 4.31. The van der Waals surface area contributed by atoms with Gasteiger partial charge in [0.1, 0.15) is 17.0 Å². The van der Waals surface area contributed by atoms with Gasteiger partial charge in [0.2, 0.25) is 0 Å². The molecule has 10 heteroatoms. The number of hydrogen-bond acceptors (Lipinski definition) is 6. The molecule has 1 aliphatic rings. The van der Waals surface area contributed by atoms with E-state index in [2.05, 4.69) is 26.9 Å². The van der Waals surface area contributed by atoms with E-state index in [1.165, 1.54) is 6.07 Å². The molecule has 0 amide bonds. The number of aromatic amines is 1. The summed E-state index contributed by atoms with van der Waals surface area (Å²) < 4.78 is 35.0. The molecule has 0 unspecified atom stereocenters. The fourth-order valence-electron chi connectivity index (χ4n) is 4.31. The Balaban J connectivity index is 1.52. The molecule has 5 rings (SSSR count). The molecule has 1 fully saturated rings. The molecule has 178 valence electrons. The maximum absolute atomic E-state index is 13.9. The van der Waals surface area contributed by atoms with Crippen LogP contribution in [0.5, 0.6) is 11.5 Å². The average molecular weight is 476 g/mol. The number of nitrogen functional groups attached to an aromatic ring is 1. The van der Waals surface area contributed by atoms with Crippen LogP contribution < -0.4 is 16.0 Å². The van der Waals surface area contributed by atoms with Gasteiger partial charge < -0.3 is 10.5 Å². The van der Waals surface area contributed by atoms with E-state index in [0.717, 1.165) is 25.1 Å². The van der Waals surface area contributed by atoms with Gasteiger partial charge in [-0.2, -0.15) is 10.2 Å². The molecular formula is C25H22F2N6O2. The van der Waals surface area contributed by atoms with Crippen LogP contribution in [0.4, 0.5) is 14.6 Å². The number of fused-ring (bicyclic) bond motifs is 1. The first kappa shape index (κ1) is 22.6. The van der Waals surface area contributed by atoms with Crippen LogP contribution in [0.15, 0.2) is 47.3 Å². The van der Waals surface area contributed by atoms with Crippen molar-refractivity contribution < 1.29 is 13.5 Å². The molecular weight excluding hydrogens is 454 g/mol. The summed E-state index contributed by atoms with van der Waals surface area (Å²) in [4.78, 5) is 15.0. The summed E-state index contributed by atoms with van der Waals surface area (Å²) in [6.07, 6.45) is 0.810. The number of nitrogens with zero attached hydrogens (tertiary/aromatic N) is 4. The van der Waals surface area contributed by atoms with Crippen LogP contribution >= 0.6 is 0 Å². The number of anilines is 1. The van der Waals surface area contributed by atoms with Crippen molar-refractivity contribution in [2.75, 3.05) is 25.4 Å². The molecule has 4 aromatic rings. The normalized spacial score (nSPS) is 15.8. The molecule has 1 atom stereocenters. The van der Waals surface area contributed by atoms with Crippen molar-refractivity contribution in [2.24, 2.45) is 0 Å². The molecule has 3 N–H and O–H groups in total. The van der Waals surface area contributed by atoms with E-state index in [4.69, 9.17) is 15.6 Å². The Morgan fingerprint density at radius 2 is 1.94 bits per heavy atom. The predicted molar refractivity (Wildman–Crippen MR) is 128 cm³/mol. The van der Waals surface area contributed by atoms with Gasteiger partial charge in [-0.05, 0) is 49.7 Å². The minimum atomic E-state index is -0.799. The number of ether oxygens (including phenoxy) is 1. The first-order valence-electron chi connectivity index (χ1n) is 11.1. The maximum atomic E-state index is 13.9. The van der Waals surface area contributed by atoms with E-state index in [0.29, 0.717) is 35.2 Å². The molecule has 1 saturated heterocycles. The Labute approximate surface area is 199 Å². The van der Waals surface area contributed by atoms with Crippen LogP contribution in [0, 0.1) is 23.5 Å². The van der Waals surface area contributed by atoms with E-state index >= 15 is 0 Å². The number of hydrogen-bond donors (Lipinski definition) is 2. The van der Waals surface area contributed by atoms with Gasteiger partial charge in [-0.15, -0.1) is 5.92 Å². The summed E-state index contributed by atoms with van der Waals surface area (Å²) in [6.45, 7) is 4.00. The van der Waals surface area contributed by atoms with Gasteiger partial charge >= 0.3 is 0 Å². The highest BCUT2D eigenvalue weighted by Crippen LogP contribution is 2.35. The van der Waals surface area contributed by atoms with Crippen molar-refractivity contribution in [1.29, 1.82) is 0 Å². The highest BCUT2D eigenvalue weighted by Gasteiger charge is 2.29. The van der Waals surface area contributed by atoms with E-state index in [9.17, 15) is 13.6 Å². The Morgan fingerprint density at radius 1 is 1.20 bits per heavy atom. The Kier molecular flexibility index (Phi) is 5.93. The second kappa shape index (κ2) is 9.19. The number of likely N-dealkylation sites (tertiary alicyclic amines) is 1. The summed E-state index contributed by atoms with van der Waals surface area (Å²) in [5.74, 6) is 4.29. The molecule has 0 radical (unpaired) electrons. The minimum Gasteiger partial charge on any atom is -0.451 e. The number of para-hydroxylation sites is 1. The third-order valence-electron chi connectivity index (χ3n) is 6.00. The van der Waals surface area contributed by atoms with Crippen LogP contribution in [0.25, 0.3) is 22.2 Å². The number of nitrogens with one attached hydrogen (secondary N) is 1. The lowest BCUT2D eigenvalue weighted by molar-refractivity contribution is 0.358. The summed E-state index contributed by atoms with van der Waals surface area (Å²) >= 11 is 0. The Hall–Kier alpha value is -4.23. The van der Waals surface area contributed by atoms with E-state index in [1.807, 2.05) is 0 Å². The fraction of sp³-hybridized carbons (Fsp3) is 0.240. The molecule has 2 aromatic carbocycles. The van der Waals surface area contributed by atoms with Crippen LogP contribution in [0.3, 0.4) is 0 Å². The molecule has 2 aromatic heterocycles. The lowest BCUT2D eigenvalue weighted by Gasteiger charge is -2.13. The highest BCUT2D eigenvalue weighted by atomic mass is 19.1. The zero-order valence-corrected chi connectivity index (χ0v) is 18.9. The van der Waals surface area contributed by atoms with Crippen molar-refractivity contribution in [3.8, 4) is 34.6 Å². The topological polar surface area (TPSA) is 102 Å². The monoisotopic (exact) mass is 476 g/mol. The van der Waals surface area contributed by atoms with Gasteiger partial charge in [0.25, 0.3) is 5.56 Å². The van der Waals surface area contributed by atoms with Crippen LogP contribution in [0.1, 0.15) is 19.4 Å². The number of rotatable bonds is 5. The van der Waals surface area contributed by atoms with Gasteiger partial charge in [0, 0.05) is 18.7 Å². The molecule has 3 heterocycles. The third kappa shape index (κ3) is 4.22. The molecule has 0 aliphatic carbocycles. The molecule has 8 nitrogen and oxygen atoms in total. The Morgan fingerprint density at radius 3 is 2.66 bits per heavy atom. The van der Waals surface area contributed by atoms with E-state index in [1.54, 1.807) is 35.9 Å². The van der Waals surface area contributed by atoms with Crippen LogP contribution in [-0.4, -0.2) is 44.5 Å². The molecule has 0 saturated carbocycles. The smallest absolute Gasteiger partial charge is 0.290 e. The quantitative estimate of drug-likeness (QED) is 0.426. The second-order valence-electron chi connectivity index (χ2n) is 8.24. The van der Waals surface area contributed by atoms with Gasteiger partial charge in [-0.25, -0.2) is 13.9 Å². The number of benzene rings is 2. The SMILES string of the molecule is CC#CCN1CC[C@@H](n2nc(-c3ccc(Oc4c(F)cccc4F)cc3)c3c(N)n[nH]c(=O)c32)C1. The predicted octanol–water partition coefficient (Wildman–Crippen LogP) is 3.71. The molecule has 0 spiro atoms. The zero-order chi connectivity index (χ0) is 24.5. The van der Waals surface area contributed by atoms with Crippen molar-refractivity contribution in [1.82, 2.24) is 24.9 Å². The summed E-state index contributed by atoms with van der Waals surface area (Å²) in [5, 5.41) is 11.6. The van der Waals surface area contributed by atoms with Crippen LogP contribution in [-0.2, 0) is 0 Å². The Bertz CT molecular complexity index is 1500. The van der Waals surface area contributed by atoms with Crippen molar-refractivity contribution >= 4 is 16.7 Å². The largest absolute Gasteiger partial charge is 0.451 e. The van der Waals surface area contributed by atoms with E-state index in [-0.39, 0.29) is 23.2 Å². The number of halogens is 2. The minimum absolute atomic E-state index is 0.0283. The average Bonchev–Trinajstić information content (AvgIpc) is 3.49.